The molecule has 0 aliphatic carbocycles. The third-order valence-electron chi connectivity index (χ3n) is 5.53. The van der Waals surface area contributed by atoms with E-state index in [1.807, 2.05) is 28.0 Å². The largest absolute Gasteiger partial charge is 0.361 e. The number of aromatic amines is 1. The zero-order valence-electron chi connectivity index (χ0n) is 15.5. The molecule has 1 aromatic carbocycles. The van der Waals surface area contributed by atoms with Gasteiger partial charge in [-0.1, -0.05) is 12.1 Å². The van der Waals surface area contributed by atoms with Crippen LogP contribution in [0.4, 0.5) is 0 Å². The summed E-state index contributed by atoms with van der Waals surface area (Å²) in [5, 5.41) is 7.63. The van der Waals surface area contributed by atoms with Crippen molar-refractivity contribution in [2.45, 2.75) is 32.5 Å². The van der Waals surface area contributed by atoms with Crippen LogP contribution in [0.5, 0.6) is 0 Å². The molecule has 1 unspecified atom stereocenters. The normalized spacial score (nSPS) is 16.2. The lowest BCUT2D eigenvalue weighted by Gasteiger charge is -2.30. The summed E-state index contributed by atoms with van der Waals surface area (Å²) in [6.07, 6.45) is 5.59. The number of thiophene rings is 1. The minimum Gasteiger partial charge on any atom is -0.361 e. The maximum absolute atomic E-state index is 13.5. The summed E-state index contributed by atoms with van der Waals surface area (Å²) in [7, 11) is 0. The van der Waals surface area contributed by atoms with Crippen molar-refractivity contribution in [2.75, 3.05) is 0 Å². The summed E-state index contributed by atoms with van der Waals surface area (Å²) in [5.74, 6) is 0.215. The minimum absolute atomic E-state index is 0.0108. The van der Waals surface area contributed by atoms with Crippen LogP contribution in [0.2, 0.25) is 0 Å². The molecule has 1 N–H and O–H groups in total. The Hall–Kier alpha value is -2.86. The van der Waals surface area contributed by atoms with Crippen molar-refractivity contribution in [3.63, 3.8) is 0 Å². The van der Waals surface area contributed by atoms with Gasteiger partial charge in [-0.15, -0.1) is 11.3 Å². The van der Waals surface area contributed by atoms with Gasteiger partial charge in [0.2, 0.25) is 5.91 Å². The zero-order chi connectivity index (χ0) is 18.9. The number of nitrogens with zero attached hydrogens (tertiary/aromatic N) is 3. The molecule has 1 atom stereocenters. The summed E-state index contributed by atoms with van der Waals surface area (Å²) in [5.41, 5.74) is 3.51. The Kier molecular flexibility index (Phi) is 4.49. The van der Waals surface area contributed by atoms with Crippen molar-refractivity contribution in [3.8, 4) is 0 Å². The summed E-state index contributed by atoms with van der Waals surface area (Å²) in [6, 6.07) is 14.7. The molecular formula is C22H22N4OS. The van der Waals surface area contributed by atoms with E-state index in [-0.39, 0.29) is 11.8 Å². The summed E-state index contributed by atoms with van der Waals surface area (Å²) >= 11 is 1.70. The number of aromatic nitrogens is 3. The van der Waals surface area contributed by atoms with Gasteiger partial charge in [0.1, 0.15) is 0 Å². The third kappa shape index (κ3) is 3.36. The van der Waals surface area contributed by atoms with Gasteiger partial charge in [-0.05, 0) is 59.5 Å². The number of carbonyl (C=O) groups excluding carboxylic acids is 1. The number of rotatable bonds is 5. The molecule has 1 aliphatic rings. The van der Waals surface area contributed by atoms with Crippen molar-refractivity contribution in [2.24, 2.45) is 5.92 Å². The van der Waals surface area contributed by atoms with Crippen LogP contribution in [0.25, 0.3) is 10.9 Å². The van der Waals surface area contributed by atoms with Crippen LogP contribution in [-0.2, 0) is 30.8 Å². The van der Waals surface area contributed by atoms with E-state index in [9.17, 15) is 4.79 Å². The second-order valence-electron chi connectivity index (χ2n) is 7.41. The van der Waals surface area contributed by atoms with Crippen LogP contribution in [0.15, 0.2) is 60.2 Å². The molecule has 5 nitrogen and oxygen atoms in total. The molecule has 0 bridgehead atoms. The number of aryl methyl sites for hydroxylation is 1. The average Bonchev–Trinajstić information content (AvgIpc) is 3.47. The standard InChI is InChI=1S/C22H22N4OS/c27-22(18-4-5-19-8-10-24-26(19)14-18)25(15-20-2-1-11-28-20)13-16-3-6-21-17(12-16)7-9-23-21/h1-3,6-12,18,23H,4-5,13-15H2. The van der Waals surface area contributed by atoms with Crippen LogP contribution < -0.4 is 0 Å². The molecule has 5 rings (SSSR count). The number of hydrogen-bond donors (Lipinski definition) is 1. The van der Waals surface area contributed by atoms with E-state index in [2.05, 4.69) is 51.9 Å². The first-order chi connectivity index (χ1) is 13.8. The molecule has 0 radical (unpaired) electrons. The molecule has 0 saturated carbocycles. The zero-order valence-corrected chi connectivity index (χ0v) is 16.4. The Labute approximate surface area is 167 Å². The van der Waals surface area contributed by atoms with Gasteiger partial charge in [0.05, 0.1) is 19.0 Å². The highest BCUT2D eigenvalue weighted by atomic mass is 32.1. The van der Waals surface area contributed by atoms with Crippen LogP contribution in [0, 0.1) is 5.92 Å². The van der Waals surface area contributed by atoms with E-state index in [1.54, 1.807) is 11.3 Å². The second kappa shape index (κ2) is 7.28. The highest BCUT2D eigenvalue weighted by molar-refractivity contribution is 7.09. The van der Waals surface area contributed by atoms with E-state index in [0.717, 1.165) is 23.9 Å². The second-order valence-corrected chi connectivity index (χ2v) is 8.45. The van der Waals surface area contributed by atoms with E-state index in [4.69, 9.17) is 0 Å². The summed E-state index contributed by atoms with van der Waals surface area (Å²) < 4.78 is 1.99. The van der Waals surface area contributed by atoms with Crippen LogP contribution >= 0.6 is 11.3 Å². The first-order valence-corrected chi connectivity index (χ1v) is 10.5. The molecule has 0 spiro atoms. The Morgan fingerprint density at radius 1 is 1.25 bits per heavy atom. The SMILES string of the molecule is O=C(C1CCc2ccnn2C1)N(Cc1ccc2[nH]ccc2c1)Cc1cccs1. The molecule has 4 aromatic rings. The van der Waals surface area contributed by atoms with Gasteiger partial charge in [0.15, 0.2) is 0 Å². The number of carbonyl (C=O) groups is 1. The molecule has 1 amide bonds. The summed E-state index contributed by atoms with van der Waals surface area (Å²) in [4.78, 5) is 19.9. The van der Waals surface area contributed by atoms with Gasteiger partial charge in [-0.25, -0.2) is 0 Å². The van der Waals surface area contributed by atoms with Crippen LogP contribution in [0.1, 0.15) is 22.6 Å². The molecular weight excluding hydrogens is 368 g/mol. The van der Waals surface area contributed by atoms with Crippen molar-refractivity contribution in [1.82, 2.24) is 19.7 Å². The van der Waals surface area contributed by atoms with Gasteiger partial charge in [0.25, 0.3) is 0 Å². The molecule has 0 fully saturated rings. The Bertz CT molecular complexity index is 1090. The smallest absolute Gasteiger partial charge is 0.228 e. The first-order valence-electron chi connectivity index (χ1n) is 9.64. The van der Waals surface area contributed by atoms with Gasteiger partial charge >= 0.3 is 0 Å². The Balaban J connectivity index is 1.39. The van der Waals surface area contributed by atoms with Crippen molar-refractivity contribution < 1.29 is 4.79 Å². The van der Waals surface area contributed by atoms with E-state index in [1.165, 1.54) is 16.0 Å². The number of nitrogens with one attached hydrogen (secondary N) is 1. The molecule has 6 heteroatoms. The third-order valence-corrected chi connectivity index (χ3v) is 6.39. The molecule has 1 aliphatic heterocycles. The van der Waals surface area contributed by atoms with Crippen LogP contribution in [-0.4, -0.2) is 25.6 Å². The van der Waals surface area contributed by atoms with Gasteiger partial charge in [-0.2, -0.15) is 5.10 Å². The average molecular weight is 391 g/mol. The first kappa shape index (κ1) is 17.3. The lowest BCUT2D eigenvalue weighted by molar-refractivity contribution is -0.138. The van der Waals surface area contributed by atoms with Crippen molar-refractivity contribution in [3.05, 3.63) is 76.4 Å². The maximum atomic E-state index is 13.5. The van der Waals surface area contributed by atoms with Crippen molar-refractivity contribution >= 4 is 28.1 Å². The predicted octanol–water partition coefficient (Wildman–Crippen LogP) is 4.22. The van der Waals surface area contributed by atoms with Gasteiger partial charge in [-0.3, -0.25) is 9.48 Å². The Morgan fingerprint density at radius 2 is 2.21 bits per heavy atom. The minimum atomic E-state index is -0.0108. The van der Waals surface area contributed by atoms with Gasteiger partial charge in [0, 0.05) is 35.0 Å². The Morgan fingerprint density at radius 3 is 3.11 bits per heavy atom. The fraction of sp³-hybridized carbons (Fsp3) is 0.273. The van der Waals surface area contributed by atoms with E-state index < -0.39 is 0 Å². The highest BCUT2D eigenvalue weighted by Crippen LogP contribution is 2.25. The topological polar surface area (TPSA) is 53.9 Å². The summed E-state index contributed by atoms with van der Waals surface area (Å²) in [6.45, 7) is 1.96. The number of H-pyrrole nitrogens is 1. The predicted molar refractivity (Wildman–Crippen MR) is 111 cm³/mol. The molecule has 0 saturated heterocycles. The fourth-order valence-corrected chi connectivity index (χ4v) is 4.76. The molecule has 142 valence electrons. The quantitative estimate of drug-likeness (QED) is 0.555. The number of amides is 1. The lowest BCUT2D eigenvalue weighted by Crippen LogP contribution is -2.39. The number of benzene rings is 1. The van der Waals surface area contributed by atoms with Crippen molar-refractivity contribution in [1.29, 1.82) is 0 Å². The highest BCUT2D eigenvalue weighted by Gasteiger charge is 2.29. The van der Waals surface area contributed by atoms with E-state index >= 15 is 0 Å². The number of fused-ring (bicyclic) bond motifs is 2. The maximum Gasteiger partial charge on any atom is 0.228 e. The van der Waals surface area contributed by atoms with Gasteiger partial charge < -0.3 is 9.88 Å². The molecule has 4 heterocycles. The fourth-order valence-electron chi connectivity index (χ4n) is 4.04. The number of hydrogen-bond acceptors (Lipinski definition) is 3. The lowest BCUT2D eigenvalue weighted by atomic mass is 9.96. The van der Waals surface area contributed by atoms with Crippen LogP contribution in [0.3, 0.4) is 0 Å². The van der Waals surface area contributed by atoms with E-state index in [0.29, 0.717) is 19.6 Å². The molecule has 28 heavy (non-hydrogen) atoms. The monoisotopic (exact) mass is 390 g/mol. The molecule has 3 aromatic heterocycles.